The summed E-state index contributed by atoms with van der Waals surface area (Å²) in [7, 11) is 0. The van der Waals surface area contributed by atoms with Gasteiger partial charge in [-0.2, -0.15) is 0 Å². The molecule has 1 saturated heterocycles. The van der Waals surface area contributed by atoms with E-state index in [4.69, 9.17) is 5.73 Å². The van der Waals surface area contributed by atoms with Crippen LogP contribution >= 0.6 is 0 Å². The predicted octanol–water partition coefficient (Wildman–Crippen LogP) is 2.73. The van der Waals surface area contributed by atoms with Crippen molar-refractivity contribution < 1.29 is 19.2 Å². The Morgan fingerprint density at radius 1 is 1.13 bits per heavy atom. The highest BCUT2D eigenvalue weighted by atomic mass is 16.2. The Bertz CT molecular complexity index is 890. The van der Waals surface area contributed by atoms with Gasteiger partial charge in [-0.1, -0.05) is 34.6 Å². The summed E-state index contributed by atoms with van der Waals surface area (Å²) in [5, 5.41) is 0. The van der Waals surface area contributed by atoms with E-state index in [1.807, 2.05) is 13.8 Å². The van der Waals surface area contributed by atoms with Crippen molar-refractivity contribution >= 4 is 29.3 Å². The van der Waals surface area contributed by atoms with Gasteiger partial charge in [0.2, 0.25) is 17.7 Å². The van der Waals surface area contributed by atoms with E-state index in [9.17, 15) is 19.2 Å². The van der Waals surface area contributed by atoms with E-state index in [2.05, 4.69) is 27.7 Å². The minimum absolute atomic E-state index is 0.0416. The number of benzene rings is 1. The van der Waals surface area contributed by atoms with Crippen LogP contribution in [0.5, 0.6) is 0 Å². The van der Waals surface area contributed by atoms with Gasteiger partial charge in [-0.3, -0.25) is 19.2 Å². The van der Waals surface area contributed by atoms with Gasteiger partial charge in [0.1, 0.15) is 6.04 Å². The molecule has 0 spiro atoms. The summed E-state index contributed by atoms with van der Waals surface area (Å²) in [6, 6.07) is 5.05. The number of rotatable bonds is 6. The minimum Gasteiger partial charge on any atom is -0.366 e. The summed E-state index contributed by atoms with van der Waals surface area (Å²) >= 11 is 0. The number of amides is 4. The zero-order valence-electron chi connectivity index (χ0n) is 18.6. The Balaban J connectivity index is 1.91. The Hall–Kier alpha value is -2.70. The van der Waals surface area contributed by atoms with Gasteiger partial charge in [-0.05, 0) is 48.4 Å². The van der Waals surface area contributed by atoms with E-state index < -0.39 is 17.9 Å². The lowest BCUT2D eigenvalue weighted by atomic mass is 10.0. The molecule has 2 fully saturated rings. The summed E-state index contributed by atoms with van der Waals surface area (Å²) in [5.74, 6) is -1.59. The number of carbonyl (C=O) groups is 4. The zero-order chi connectivity index (χ0) is 22.6. The van der Waals surface area contributed by atoms with Crippen LogP contribution < -0.4 is 10.6 Å². The smallest absolute Gasteiger partial charge is 0.257 e. The fourth-order valence-corrected chi connectivity index (χ4v) is 4.72. The molecule has 2 aliphatic rings. The summed E-state index contributed by atoms with van der Waals surface area (Å²) in [6.07, 6.45) is 0.644. The Labute approximate surface area is 177 Å². The highest BCUT2D eigenvalue weighted by molar-refractivity contribution is 6.23. The van der Waals surface area contributed by atoms with Crippen LogP contribution in [0.15, 0.2) is 24.3 Å². The van der Waals surface area contributed by atoms with Crippen molar-refractivity contribution in [3.63, 3.8) is 0 Å². The van der Waals surface area contributed by atoms with Gasteiger partial charge in [0.05, 0.1) is 12.1 Å². The molecule has 2 N–H and O–H groups in total. The van der Waals surface area contributed by atoms with Gasteiger partial charge >= 0.3 is 0 Å². The number of nitrogens with zero attached hydrogens (tertiary/aromatic N) is 2. The van der Waals surface area contributed by atoms with Crippen molar-refractivity contribution in [1.82, 2.24) is 4.90 Å². The van der Waals surface area contributed by atoms with E-state index in [-0.39, 0.29) is 41.0 Å². The number of imide groups is 1. The van der Waals surface area contributed by atoms with Crippen molar-refractivity contribution in [1.29, 1.82) is 0 Å². The monoisotopic (exact) mass is 413 g/mol. The SMILES string of the molecule is CCC(C)N(C(=O)C1C(C)(C)C1(C)C)C1CC(=O)N(c2ccc(C(N)=O)cc2)C1=O. The summed E-state index contributed by atoms with van der Waals surface area (Å²) < 4.78 is 0. The highest BCUT2D eigenvalue weighted by Crippen LogP contribution is 2.69. The Morgan fingerprint density at radius 2 is 1.67 bits per heavy atom. The molecule has 1 saturated carbocycles. The minimum atomic E-state index is -0.817. The topological polar surface area (TPSA) is 101 Å². The molecule has 4 amide bonds. The van der Waals surface area contributed by atoms with Gasteiger partial charge < -0.3 is 10.6 Å². The van der Waals surface area contributed by atoms with Crippen LogP contribution in [-0.2, 0) is 14.4 Å². The molecule has 3 rings (SSSR count). The molecule has 162 valence electrons. The lowest BCUT2D eigenvalue weighted by molar-refractivity contribution is -0.143. The van der Waals surface area contributed by atoms with Crippen molar-refractivity contribution in [2.75, 3.05) is 4.90 Å². The Morgan fingerprint density at radius 3 is 2.10 bits per heavy atom. The van der Waals surface area contributed by atoms with Crippen LogP contribution in [0.3, 0.4) is 0 Å². The second kappa shape index (κ2) is 7.22. The first-order chi connectivity index (χ1) is 13.9. The van der Waals surface area contributed by atoms with E-state index in [1.54, 1.807) is 4.90 Å². The van der Waals surface area contributed by atoms with E-state index >= 15 is 0 Å². The van der Waals surface area contributed by atoms with Crippen LogP contribution in [-0.4, -0.2) is 40.6 Å². The molecule has 1 aliphatic carbocycles. The van der Waals surface area contributed by atoms with Crippen LogP contribution in [0, 0.1) is 16.7 Å². The standard InChI is InChI=1S/C23H31N3O4/c1-7-13(2)25(21(30)18-22(3,4)23(18,5)6)16-12-17(27)26(20(16)29)15-10-8-14(9-11-15)19(24)28/h8-11,13,16,18H,7,12H2,1-6H3,(H2,24,28). The van der Waals surface area contributed by atoms with Crippen LogP contribution in [0.2, 0.25) is 0 Å². The van der Waals surface area contributed by atoms with Gasteiger partial charge in [0.15, 0.2) is 0 Å². The number of carbonyl (C=O) groups excluding carboxylic acids is 4. The molecular formula is C23H31N3O4. The number of primary amides is 1. The molecule has 1 aromatic carbocycles. The third-order valence-electron chi connectivity index (χ3n) is 7.46. The first-order valence-electron chi connectivity index (χ1n) is 10.4. The molecule has 1 heterocycles. The largest absolute Gasteiger partial charge is 0.366 e. The van der Waals surface area contributed by atoms with Crippen LogP contribution in [0.1, 0.15) is 64.7 Å². The van der Waals surface area contributed by atoms with Crippen molar-refractivity contribution in [3.05, 3.63) is 29.8 Å². The molecule has 30 heavy (non-hydrogen) atoms. The van der Waals surface area contributed by atoms with Gasteiger partial charge in [-0.15, -0.1) is 0 Å². The summed E-state index contributed by atoms with van der Waals surface area (Å²) in [5.41, 5.74) is 5.61. The second-order valence-electron chi connectivity index (χ2n) is 9.58. The maximum Gasteiger partial charge on any atom is 0.257 e. The first kappa shape index (κ1) is 22.0. The zero-order valence-corrected chi connectivity index (χ0v) is 18.6. The number of nitrogens with two attached hydrogens (primary N) is 1. The fourth-order valence-electron chi connectivity index (χ4n) is 4.72. The Kier molecular flexibility index (Phi) is 5.29. The molecule has 0 aromatic heterocycles. The molecule has 2 unspecified atom stereocenters. The summed E-state index contributed by atoms with van der Waals surface area (Å²) in [4.78, 5) is 53.6. The number of anilines is 1. The van der Waals surface area contributed by atoms with E-state index in [1.165, 1.54) is 24.3 Å². The van der Waals surface area contributed by atoms with Crippen molar-refractivity contribution in [3.8, 4) is 0 Å². The lowest BCUT2D eigenvalue weighted by Crippen LogP contribution is -2.51. The normalized spacial score (nSPS) is 23.4. The molecule has 1 aromatic rings. The third-order valence-corrected chi connectivity index (χ3v) is 7.46. The molecule has 7 nitrogen and oxygen atoms in total. The van der Waals surface area contributed by atoms with Crippen LogP contribution in [0.4, 0.5) is 5.69 Å². The fraction of sp³-hybridized carbons (Fsp3) is 0.565. The maximum absolute atomic E-state index is 13.5. The van der Waals surface area contributed by atoms with Crippen molar-refractivity contribution in [2.45, 2.75) is 66.5 Å². The average molecular weight is 414 g/mol. The van der Waals surface area contributed by atoms with E-state index in [0.717, 1.165) is 4.90 Å². The quantitative estimate of drug-likeness (QED) is 0.725. The second-order valence-corrected chi connectivity index (χ2v) is 9.58. The molecular weight excluding hydrogens is 382 g/mol. The molecule has 0 bridgehead atoms. The van der Waals surface area contributed by atoms with E-state index in [0.29, 0.717) is 17.7 Å². The number of hydrogen-bond donors (Lipinski definition) is 1. The highest BCUT2D eigenvalue weighted by Gasteiger charge is 2.69. The molecule has 2 atom stereocenters. The molecule has 1 aliphatic heterocycles. The predicted molar refractivity (Wildman–Crippen MR) is 114 cm³/mol. The first-order valence-corrected chi connectivity index (χ1v) is 10.4. The summed E-state index contributed by atoms with van der Waals surface area (Å²) in [6.45, 7) is 12.2. The molecule has 0 radical (unpaired) electrons. The van der Waals surface area contributed by atoms with Gasteiger partial charge in [-0.25, -0.2) is 4.90 Å². The lowest BCUT2D eigenvalue weighted by Gasteiger charge is -2.33. The van der Waals surface area contributed by atoms with Crippen molar-refractivity contribution in [2.24, 2.45) is 22.5 Å². The average Bonchev–Trinajstić information content (AvgIpc) is 2.90. The number of hydrogen-bond acceptors (Lipinski definition) is 4. The van der Waals surface area contributed by atoms with Crippen LogP contribution in [0.25, 0.3) is 0 Å². The maximum atomic E-state index is 13.5. The van der Waals surface area contributed by atoms with Gasteiger partial charge in [0, 0.05) is 17.5 Å². The third kappa shape index (κ3) is 3.20. The molecule has 7 heteroatoms. The van der Waals surface area contributed by atoms with Gasteiger partial charge in [0.25, 0.3) is 5.91 Å².